The first-order chi connectivity index (χ1) is 3.72. The Morgan fingerprint density at radius 3 is 2.25 bits per heavy atom. The lowest BCUT2D eigenvalue weighted by Crippen LogP contribution is -2.30. The number of hydrogen-bond donors (Lipinski definition) is 1. The molecule has 1 fully saturated rings. The molecule has 8 heavy (non-hydrogen) atoms. The van der Waals surface area contributed by atoms with Crippen molar-refractivity contribution in [2.75, 3.05) is 7.05 Å². The molecule has 0 saturated heterocycles. The van der Waals surface area contributed by atoms with Crippen molar-refractivity contribution in [1.82, 2.24) is 4.90 Å². The Kier molecular flexibility index (Phi) is 1.54. The highest BCUT2D eigenvalue weighted by atomic mass is 16.3. The molecule has 2 heteroatoms. The third-order valence-corrected chi connectivity index (χ3v) is 1.71. The van der Waals surface area contributed by atoms with Crippen LogP contribution >= 0.6 is 0 Å². The fourth-order valence-corrected chi connectivity index (χ4v) is 0.787. The van der Waals surface area contributed by atoms with Gasteiger partial charge in [0, 0.05) is 6.04 Å². The fourth-order valence-electron chi connectivity index (χ4n) is 0.787. The van der Waals surface area contributed by atoms with Crippen LogP contribution in [0.5, 0.6) is 0 Å². The van der Waals surface area contributed by atoms with Gasteiger partial charge in [0.15, 0.2) is 0 Å². The molecule has 48 valence electrons. The first-order valence-corrected chi connectivity index (χ1v) is 3.12. The van der Waals surface area contributed by atoms with Gasteiger partial charge in [0.25, 0.3) is 0 Å². The molecule has 0 heterocycles. The third kappa shape index (κ3) is 1.20. The summed E-state index contributed by atoms with van der Waals surface area (Å²) < 4.78 is 0. The maximum Gasteiger partial charge on any atom is 0.104 e. The molecule has 0 aliphatic heterocycles. The summed E-state index contributed by atoms with van der Waals surface area (Å²) in [6.07, 6.45) is 2.27. The molecule has 1 aliphatic carbocycles. The van der Waals surface area contributed by atoms with E-state index in [0.29, 0.717) is 6.04 Å². The SMILES string of the molecule is CC(O)N(C)C1CC1. The molecule has 0 spiro atoms. The molecule has 0 amide bonds. The zero-order chi connectivity index (χ0) is 6.15. The monoisotopic (exact) mass is 115 g/mol. The van der Waals surface area contributed by atoms with E-state index in [0.717, 1.165) is 0 Å². The van der Waals surface area contributed by atoms with Crippen LogP contribution in [0, 0.1) is 0 Å². The Labute approximate surface area is 50.1 Å². The first-order valence-electron chi connectivity index (χ1n) is 3.12. The van der Waals surface area contributed by atoms with Crippen LogP contribution < -0.4 is 0 Å². The molecular weight excluding hydrogens is 102 g/mol. The van der Waals surface area contributed by atoms with Gasteiger partial charge >= 0.3 is 0 Å². The van der Waals surface area contributed by atoms with E-state index in [-0.39, 0.29) is 6.23 Å². The summed E-state index contributed by atoms with van der Waals surface area (Å²) in [7, 11) is 1.96. The summed E-state index contributed by atoms with van der Waals surface area (Å²) in [6.45, 7) is 1.80. The van der Waals surface area contributed by atoms with E-state index < -0.39 is 0 Å². The Hall–Kier alpha value is -0.0800. The smallest absolute Gasteiger partial charge is 0.104 e. The molecule has 0 bridgehead atoms. The quantitative estimate of drug-likeness (QED) is 0.527. The van der Waals surface area contributed by atoms with Crippen molar-refractivity contribution >= 4 is 0 Å². The van der Waals surface area contributed by atoms with Crippen LogP contribution in [0.25, 0.3) is 0 Å². The van der Waals surface area contributed by atoms with E-state index in [9.17, 15) is 0 Å². The normalized spacial score (nSPS) is 24.0. The molecule has 1 saturated carbocycles. The highest BCUT2D eigenvalue weighted by Crippen LogP contribution is 2.25. The van der Waals surface area contributed by atoms with E-state index in [1.165, 1.54) is 12.8 Å². The minimum Gasteiger partial charge on any atom is -0.379 e. The lowest BCUT2D eigenvalue weighted by molar-refractivity contribution is 0.0327. The van der Waals surface area contributed by atoms with Crippen molar-refractivity contribution in [3.05, 3.63) is 0 Å². The third-order valence-electron chi connectivity index (χ3n) is 1.71. The predicted molar refractivity (Wildman–Crippen MR) is 32.5 cm³/mol. The molecule has 1 unspecified atom stereocenters. The number of hydrogen-bond acceptors (Lipinski definition) is 2. The number of aliphatic hydroxyl groups excluding tert-OH is 1. The lowest BCUT2D eigenvalue weighted by Gasteiger charge is -2.18. The van der Waals surface area contributed by atoms with Gasteiger partial charge in [-0.25, -0.2) is 0 Å². The Bertz CT molecular complexity index is 76.6. The summed E-state index contributed by atoms with van der Waals surface area (Å²) in [5.41, 5.74) is 0. The van der Waals surface area contributed by atoms with E-state index in [1.807, 2.05) is 11.9 Å². The second-order valence-corrected chi connectivity index (χ2v) is 2.53. The molecule has 2 nitrogen and oxygen atoms in total. The van der Waals surface area contributed by atoms with Gasteiger partial charge < -0.3 is 5.11 Å². The minimum absolute atomic E-state index is 0.262. The maximum absolute atomic E-state index is 8.96. The van der Waals surface area contributed by atoms with Gasteiger partial charge in [-0.1, -0.05) is 0 Å². The van der Waals surface area contributed by atoms with Crippen molar-refractivity contribution in [2.24, 2.45) is 0 Å². The first kappa shape index (κ1) is 6.05. The second-order valence-electron chi connectivity index (χ2n) is 2.53. The second kappa shape index (κ2) is 2.03. The summed E-state index contributed by atoms with van der Waals surface area (Å²) in [5, 5.41) is 8.96. The largest absolute Gasteiger partial charge is 0.379 e. The average Bonchev–Trinajstić information content (AvgIpc) is 2.43. The van der Waals surface area contributed by atoms with Crippen LogP contribution in [0.3, 0.4) is 0 Å². The summed E-state index contributed by atoms with van der Waals surface area (Å²) in [4.78, 5) is 2.00. The number of nitrogens with zero attached hydrogens (tertiary/aromatic N) is 1. The Morgan fingerprint density at radius 2 is 2.12 bits per heavy atom. The zero-order valence-corrected chi connectivity index (χ0v) is 5.46. The van der Waals surface area contributed by atoms with Gasteiger partial charge in [-0.15, -0.1) is 0 Å². The summed E-state index contributed by atoms with van der Waals surface area (Å²) >= 11 is 0. The Morgan fingerprint density at radius 1 is 1.62 bits per heavy atom. The zero-order valence-electron chi connectivity index (χ0n) is 5.46. The van der Waals surface area contributed by atoms with Crippen LogP contribution in [0.4, 0.5) is 0 Å². The maximum atomic E-state index is 8.96. The molecule has 0 aromatic carbocycles. The predicted octanol–water partition coefficient (Wildman–Crippen LogP) is 0.419. The van der Waals surface area contributed by atoms with Crippen LogP contribution in [0.1, 0.15) is 19.8 Å². The van der Waals surface area contributed by atoms with Gasteiger partial charge in [-0.2, -0.15) is 0 Å². The minimum atomic E-state index is -0.262. The van der Waals surface area contributed by atoms with Gasteiger partial charge in [-0.05, 0) is 26.8 Å². The van der Waals surface area contributed by atoms with Crippen molar-refractivity contribution in [3.63, 3.8) is 0 Å². The molecule has 0 radical (unpaired) electrons. The van der Waals surface area contributed by atoms with Crippen LogP contribution in [-0.4, -0.2) is 29.3 Å². The number of aliphatic hydroxyl groups is 1. The van der Waals surface area contributed by atoms with Crippen LogP contribution in [0.15, 0.2) is 0 Å². The average molecular weight is 115 g/mol. The van der Waals surface area contributed by atoms with Crippen molar-refractivity contribution in [1.29, 1.82) is 0 Å². The molecule has 0 aromatic rings. The molecule has 1 N–H and O–H groups in total. The Balaban J connectivity index is 2.22. The van der Waals surface area contributed by atoms with E-state index in [2.05, 4.69) is 0 Å². The van der Waals surface area contributed by atoms with Gasteiger partial charge in [-0.3, -0.25) is 4.90 Å². The number of rotatable bonds is 2. The topological polar surface area (TPSA) is 23.5 Å². The van der Waals surface area contributed by atoms with Crippen LogP contribution in [-0.2, 0) is 0 Å². The summed E-state index contributed by atoms with van der Waals surface area (Å²) in [6, 6.07) is 0.676. The molecule has 1 atom stereocenters. The standard InChI is InChI=1S/C6H13NO/c1-5(8)7(2)6-3-4-6/h5-6,8H,3-4H2,1-2H3. The van der Waals surface area contributed by atoms with E-state index in [4.69, 9.17) is 5.11 Å². The van der Waals surface area contributed by atoms with Crippen molar-refractivity contribution in [3.8, 4) is 0 Å². The molecule has 1 aliphatic rings. The van der Waals surface area contributed by atoms with Crippen molar-refractivity contribution in [2.45, 2.75) is 32.0 Å². The van der Waals surface area contributed by atoms with Gasteiger partial charge in [0.1, 0.15) is 6.23 Å². The molecular formula is C6H13NO. The fraction of sp³-hybridized carbons (Fsp3) is 1.00. The molecule has 0 aromatic heterocycles. The highest BCUT2D eigenvalue weighted by molar-refractivity contribution is 4.82. The van der Waals surface area contributed by atoms with Crippen LogP contribution in [0.2, 0.25) is 0 Å². The highest BCUT2D eigenvalue weighted by Gasteiger charge is 2.27. The van der Waals surface area contributed by atoms with E-state index >= 15 is 0 Å². The van der Waals surface area contributed by atoms with Gasteiger partial charge in [0.2, 0.25) is 0 Å². The molecule has 1 rings (SSSR count). The lowest BCUT2D eigenvalue weighted by atomic mass is 10.5. The summed E-state index contributed by atoms with van der Waals surface area (Å²) in [5.74, 6) is 0. The van der Waals surface area contributed by atoms with Gasteiger partial charge in [0.05, 0.1) is 0 Å². The van der Waals surface area contributed by atoms with Crippen molar-refractivity contribution < 1.29 is 5.11 Å². The van der Waals surface area contributed by atoms with E-state index in [1.54, 1.807) is 6.92 Å².